The summed E-state index contributed by atoms with van der Waals surface area (Å²) >= 11 is 0.138. The predicted molar refractivity (Wildman–Crippen MR) is 123 cm³/mol. The molecule has 0 saturated heterocycles. The molecule has 0 spiro atoms. The molecule has 0 unspecified atom stereocenters. The summed E-state index contributed by atoms with van der Waals surface area (Å²) in [5, 5.41) is -0.775. The van der Waals surface area contributed by atoms with Crippen LogP contribution in [0.25, 0.3) is 0 Å². The lowest BCUT2D eigenvalue weighted by Crippen LogP contribution is -2.36. The van der Waals surface area contributed by atoms with Crippen molar-refractivity contribution in [3.8, 4) is 0 Å². The van der Waals surface area contributed by atoms with Gasteiger partial charge in [-0.3, -0.25) is 4.79 Å². The molecule has 0 fully saturated rings. The van der Waals surface area contributed by atoms with Gasteiger partial charge in [-0.05, 0) is 35.7 Å². The van der Waals surface area contributed by atoms with Gasteiger partial charge in [-0.15, -0.1) is 0 Å². The van der Waals surface area contributed by atoms with Crippen molar-refractivity contribution in [2.24, 2.45) is 0 Å². The SMILES string of the molecule is Cc1ccccc1[C@@H](NS(=O)(=O)c1ccccc1)[C@@H](C(=O)SCC(F)(F)F)c1ccccc1. The third-order valence-electron chi connectivity index (χ3n) is 4.98. The predicted octanol–water partition coefficient (Wildman–Crippen LogP) is 5.62. The number of benzene rings is 3. The van der Waals surface area contributed by atoms with Gasteiger partial charge in [-0.25, -0.2) is 13.1 Å². The quantitative estimate of drug-likeness (QED) is 0.442. The van der Waals surface area contributed by atoms with Gasteiger partial charge in [0.15, 0.2) is 5.12 Å². The Bertz CT molecular complexity index is 1180. The van der Waals surface area contributed by atoms with Gasteiger partial charge in [0.05, 0.1) is 22.6 Å². The van der Waals surface area contributed by atoms with E-state index >= 15 is 0 Å². The van der Waals surface area contributed by atoms with Crippen molar-refractivity contribution in [1.82, 2.24) is 4.72 Å². The number of carbonyl (C=O) groups excluding carboxylic acids is 1. The average Bonchev–Trinajstić information content (AvgIpc) is 2.78. The van der Waals surface area contributed by atoms with Crippen LogP contribution in [0.15, 0.2) is 89.8 Å². The molecule has 33 heavy (non-hydrogen) atoms. The van der Waals surface area contributed by atoms with Crippen LogP contribution in [0.5, 0.6) is 0 Å². The van der Waals surface area contributed by atoms with Crippen molar-refractivity contribution in [2.75, 3.05) is 5.75 Å². The normalized spacial score (nSPS) is 13.9. The molecule has 9 heteroatoms. The number of hydrogen-bond acceptors (Lipinski definition) is 4. The molecule has 0 aliphatic rings. The molecule has 174 valence electrons. The van der Waals surface area contributed by atoms with Gasteiger partial charge in [0.2, 0.25) is 10.0 Å². The fourth-order valence-corrected chi connectivity index (χ4v) is 5.46. The fraction of sp³-hybridized carbons (Fsp3) is 0.208. The lowest BCUT2D eigenvalue weighted by Gasteiger charge is -2.29. The van der Waals surface area contributed by atoms with Crippen molar-refractivity contribution in [3.63, 3.8) is 0 Å². The topological polar surface area (TPSA) is 63.2 Å². The maximum Gasteiger partial charge on any atom is 0.398 e. The molecule has 0 aliphatic heterocycles. The molecular weight excluding hydrogens is 471 g/mol. The summed E-state index contributed by atoms with van der Waals surface area (Å²) in [6, 6.07) is 21.6. The number of sulfonamides is 1. The molecule has 0 bridgehead atoms. The van der Waals surface area contributed by atoms with E-state index in [1.54, 1.807) is 79.7 Å². The summed E-state index contributed by atoms with van der Waals surface area (Å²) in [7, 11) is -4.09. The van der Waals surface area contributed by atoms with Crippen LogP contribution in [-0.4, -0.2) is 25.5 Å². The Morgan fingerprint density at radius 1 is 0.909 bits per heavy atom. The number of thioether (sulfide) groups is 1. The smallest absolute Gasteiger partial charge is 0.286 e. The Morgan fingerprint density at radius 2 is 1.45 bits per heavy atom. The number of halogens is 3. The van der Waals surface area contributed by atoms with E-state index in [2.05, 4.69) is 4.72 Å². The van der Waals surface area contributed by atoms with Crippen LogP contribution in [-0.2, 0) is 14.8 Å². The summed E-state index contributed by atoms with van der Waals surface area (Å²) in [4.78, 5) is 13.2. The van der Waals surface area contributed by atoms with Gasteiger partial charge < -0.3 is 0 Å². The maximum atomic E-state index is 13.2. The lowest BCUT2D eigenvalue weighted by atomic mass is 9.87. The van der Waals surface area contributed by atoms with E-state index in [1.807, 2.05) is 0 Å². The van der Waals surface area contributed by atoms with Crippen LogP contribution in [0.3, 0.4) is 0 Å². The summed E-state index contributed by atoms with van der Waals surface area (Å²) in [5.41, 5.74) is 1.63. The van der Waals surface area contributed by atoms with E-state index < -0.39 is 39.0 Å². The molecule has 0 aromatic heterocycles. The number of alkyl halides is 3. The van der Waals surface area contributed by atoms with Gasteiger partial charge in [0.1, 0.15) is 0 Å². The first-order valence-electron chi connectivity index (χ1n) is 10.00. The first kappa shape index (κ1) is 25.0. The van der Waals surface area contributed by atoms with Crippen LogP contribution in [0, 0.1) is 6.92 Å². The average molecular weight is 494 g/mol. The van der Waals surface area contributed by atoms with E-state index in [0.717, 1.165) is 0 Å². The molecule has 0 saturated carbocycles. The molecule has 2 atom stereocenters. The van der Waals surface area contributed by atoms with Crippen LogP contribution in [0.4, 0.5) is 13.2 Å². The van der Waals surface area contributed by atoms with Crippen molar-refractivity contribution >= 4 is 26.9 Å². The second kappa shape index (κ2) is 10.5. The second-order valence-electron chi connectivity index (χ2n) is 7.38. The summed E-state index contributed by atoms with van der Waals surface area (Å²) in [5.74, 6) is -2.54. The molecule has 4 nitrogen and oxygen atoms in total. The minimum absolute atomic E-state index is 0.00853. The van der Waals surface area contributed by atoms with Gasteiger partial charge >= 0.3 is 6.18 Å². The van der Waals surface area contributed by atoms with Crippen molar-refractivity contribution < 1.29 is 26.4 Å². The molecule has 1 N–H and O–H groups in total. The molecule has 0 radical (unpaired) electrons. The monoisotopic (exact) mass is 493 g/mol. The third-order valence-corrected chi connectivity index (χ3v) is 7.45. The van der Waals surface area contributed by atoms with Gasteiger partial charge in [0, 0.05) is 0 Å². The van der Waals surface area contributed by atoms with Crippen molar-refractivity contribution in [3.05, 3.63) is 102 Å². The number of aryl methyl sites for hydroxylation is 1. The molecule has 0 amide bonds. The number of rotatable bonds is 8. The largest absolute Gasteiger partial charge is 0.398 e. The van der Waals surface area contributed by atoms with E-state index in [1.165, 1.54) is 12.1 Å². The third kappa shape index (κ3) is 6.69. The summed E-state index contributed by atoms with van der Waals surface area (Å²) < 4.78 is 67.6. The summed E-state index contributed by atoms with van der Waals surface area (Å²) in [6.07, 6.45) is -4.54. The number of carbonyl (C=O) groups is 1. The van der Waals surface area contributed by atoms with Crippen molar-refractivity contribution in [1.29, 1.82) is 0 Å². The zero-order valence-corrected chi connectivity index (χ0v) is 19.3. The highest BCUT2D eigenvalue weighted by molar-refractivity contribution is 8.13. The van der Waals surface area contributed by atoms with Crippen LogP contribution >= 0.6 is 11.8 Å². The highest BCUT2D eigenvalue weighted by atomic mass is 32.2. The molecule has 0 heterocycles. The molecule has 3 aromatic carbocycles. The van der Waals surface area contributed by atoms with Crippen LogP contribution in [0.1, 0.15) is 28.7 Å². The van der Waals surface area contributed by atoms with Gasteiger partial charge in [-0.2, -0.15) is 13.2 Å². The minimum atomic E-state index is -4.54. The molecular formula is C24H22F3NO3S2. The highest BCUT2D eigenvalue weighted by Gasteiger charge is 2.37. The minimum Gasteiger partial charge on any atom is -0.286 e. The van der Waals surface area contributed by atoms with E-state index in [-0.39, 0.29) is 16.7 Å². The van der Waals surface area contributed by atoms with Gasteiger partial charge in [0.25, 0.3) is 0 Å². The Hall–Kier alpha value is -2.62. The Labute approximate surface area is 195 Å². The highest BCUT2D eigenvalue weighted by Crippen LogP contribution is 2.38. The molecule has 3 aromatic rings. The number of hydrogen-bond donors (Lipinski definition) is 1. The second-order valence-corrected chi connectivity index (χ2v) is 10.1. The van der Waals surface area contributed by atoms with Crippen molar-refractivity contribution in [2.45, 2.75) is 30.0 Å². The van der Waals surface area contributed by atoms with Crippen LogP contribution in [0.2, 0.25) is 0 Å². The lowest BCUT2D eigenvalue weighted by molar-refractivity contribution is -0.115. The first-order valence-corrected chi connectivity index (χ1v) is 12.5. The van der Waals surface area contributed by atoms with E-state index in [9.17, 15) is 26.4 Å². The van der Waals surface area contributed by atoms with Gasteiger partial charge in [-0.1, -0.05) is 84.6 Å². The maximum absolute atomic E-state index is 13.2. The zero-order valence-electron chi connectivity index (χ0n) is 17.6. The van der Waals surface area contributed by atoms with Crippen LogP contribution < -0.4 is 4.72 Å². The van der Waals surface area contributed by atoms with E-state index in [0.29, 0.717) is 16.7 Å². The number of nitrogens with one attached hydrogen (secondary N) is 1. The Balaban J connectivity index is 2.12. The first-order chi connectivity index (χ1) is 15.6. The zero-order chi connectivity index (χ0) is 24.1. The Morgan fingerprint density at radius 3 is 2.03 bits per heavy atom. The Kier molecular flexibility index (Phi) is 7.99. The fourth-order valence-electron chi connectivity index (χ4n) is 3.45. The molecule has 3 rings (SSSR count). The standard InChI is InChI=1S/C24H22F3NO3S2/c1-17-10-8-9-15-20(17)22(28-33(30,31)19-13-6-3-7-14-19)21(18-11-4-2-5-12-18)23(29)32-16-24(25,26)27/h2-15,21-22,28H,16H2,1H3/t21-,22+/m0/s1. The summed E-state index contributed by atoms with van der Waals surface area (Å²) in [6.45, 7) is 1.76. The molecule has 0 aliphatic carbocycles. The van der Waals surface area contributed by atoms with E-state index in [4.69, 9.17) is 0 Å².